The summed E-state index contributed by atoms with van der Waals surface area (Å²) in [4.78, 5) is 14.9. The lowest BCUT2D eigenvalue weighted by molar-refractivity contribution is -0.138. The van der Waals surface area contributed by atoms with Gasteiger partial charge in [0.1, 0.15) is 6.04 Å². The van der Waals surface area contributed by atoms with E-state index in [1.165, 1.54) is 0 Å². The molecule has 3 N–H and O–H groups in total. The summed E-state index contributed by atoms with van der Waals surface area (Å²) in [7, 11) is 0. The third-order valence-electron chi connectivity index (χ3n) is 2.40. The summed E-state index contributed by atoms with van der Waals surface area (Å²) in [5, 5.41) is 8.67. The van der Waals surface area contributed by atoms with Crippen molar-refractivity contribution in [1.29, 1.82) is 0 Å². The van der Waals surface area contributed by atoms with Gasteiger partial charge in [-0.05, 0) is 11.6 Å². The normalized spacial score (nSPS) is 20.2. The Balaban J connectivity index is 2.09. The van der Waals surface area contributed by atoms with E-state index in [-0.39, 0.29) is 6.42 Å². The van der Waals surface area contributed by atoms with Gasteiger partial charge in [0.25, 0.3) is 0 Å². The summed E-state index contributed by atoms with van der Waals surface area (Å²) in [6.45, 7) is 0. The number of hydrogen-bond acceptors (Lipinski definition) is 3. The Kier molecular flexibility index (Phi) is 2.51. The van der Waals surface area contributed by atoms with Crippen LogP contribution in [-0.2, 0) is 4.79 Å². The van der Waals surface area contributed by atoms with Gasteiger partial charge in [0, 0.05) is 18.5 Å². The van der Waals surface area contributed by atoms with E-state index in [1.807, 2.05) is 24.3 Å². The number of aliphatic carboxylic acids is 1. The van der Waals surface area contributed by atoms with Crippen molar-refractivity contribution in [3.63, 3.8) is 0 Å². The first-order valence-electron chi connectivity index (χ1n) is 4.80. The minimum atomic E-state index is -0.988. The van der Waals surface area contributed by atoms with Crippen LogP contribution in [0.5, 0.6) is 0 Å². The third kappa shape index (κ3) is 2.05. The van der Waals surface area contributed by atoms with Gasteiger partial charge < -0.3 is 10.8 Å². The molecule has 4 nitrogen and oxygen atoms in total. The molecule has 15 heavy (non-hydrogen) atoms. The van der Waals surface area contributed by atoms with Gasteiger partial charge in [0.05, 0.1) is 5.71 Å². The molecule has 0 bridgehead atoms. The zero-order valence-corrected chi connectivity index (χ0v) is 8.18. The largest absolute Gasteiger partial charge is 0.480 e. The molecular formula is C11H12N2O2. The van der Waals surface area contributed by atoms with Crippen LogP contribution < -0.4 is 5.73 Å². The van der Waals surface area contributed by atoms with Crippen molar-refractivity contribution in [2.24, 2.45) is 10.7 Å². The number of aliphatic imine (C=N–C) groups is 1. The lowest BCUT2D eigenvalue weighted by Crippen LogP contribution is -2.30. The highest BCUT2D eigenvalue weighted by Crippen LogP contribution is 2.24. The van der Waals surface area contributed by atoms with Crippen LogP contribution in [0, 0.1) is 0 Å². The second-order valence-electron chi connectivity index (χ2n) is 3.60. The van der Waals surface area contributed by atoms with Gasteiger partial charge in [-0.1, -0.05) is 18.2 Å². The van der Waals surface area contributed by atoms with Crippen LogP contribution in [0.2, 0.25) is 0 Å². The number of nitrogens with two attached hydrogens (primary N) is 1. The molecule has 1 heterocycles. The quantitative estimate of drug-likeness (QED) is 0.720. The topological polar surface area (TPSA) is 75.7 Å². The van der Waals surface area contributed by atoms with Crippen LogP contribution in [0.4, 0.5) is 0 Å². The Labute approximate surface area is 87.5 Å². The van der Waals surface area contributed by atoms with Crippen LogP contribution >= 0.6 is 0 Å². The first-order valence-corrected chi connectivity index (χ1v) is 4.80. The van der Waals surface area contributed by atoms with Crippen LogP contribution in [0.25, 0.3) is 0 Å². The molecule has 0 amide bonds. The molecule has 0 saturated carbocycles. The highest BCUT2D eigenvalue weighted by Gasteiger charge is 2.19. The fraction of sp³-hybridized carbons (Fsp3) is 0.273. The van der Waals surface area contributed by atoms with E-state index < -0.39 is 12.0 Å². The van der Waals surface area contributed by atoms with E-state index in [4.69, 9.17) is 10.8 Å². The van der Waals surface area contributed by atoms with Crippen molar-refractivity contribution < 1.29 is 9.90 Å². The number of allylic oxidation sites excluding steroid dienone is 5. The number of hydrogen-bond donors (Lipinski definition) is 2. The zero-order valence-electron chi connectivity index (χ0n) is 8.18. The molecule has 1 aliphatic heterocycles. The van der Waals surface area contributed by atoms with Gasteiger partial charge in [-0.3, -0.25) is 9.79 Å². The van der Waals surface area contributed by atoms with E-state index in [0.29, 0.717) is 0 Å². The number of carbonyl (C=O) groups is 1. The molecule has 1 aliphatic carbocycles. The van der Waals surface area contributed by atoms with Gasteiger partial charge in [-0.2, -0.15) is 0 Å². The SMILES string of the molecule is N[C@H](CC1=CC2=CC=CCC2=N1)C(=O)O. The Bertz CT molecular complexity index is 416. The molecule has 0 fully saturated rings. The monoisotopic (exact) mass is 204 g/mol. The first kappa shape index (κ1) is 9.86. The predicted molar refractivity (Wildman–Crippen MR) is 57.6 cm³/mol. The zero-order chi connectivity index (χ0) is 10.8. The Morgan fingerprint density at radius 1 is 1.67 bits per heavy atom. The van der Waals surface area contributed by atoms with E-state index in [2.05, 4.69) is 4.99 Å². The Morgan fingerprint density at radius 2 is 2.47 bits per heavy atom. The summed E-state index contributed by atoms with van der Waals surface area (Å²) in [6, 6.07) is -0.866. The van der Waals surface area contributed by atoms with Gasteiger partial charge in [0.2, 0.25) is 0 Å². The minimum Gasteiger partial charge on any atom is -0.480 e. The fourth-order valence-electron chi connectivity index (χ4n) is 1.61. The molecule has 1 atom stereocenters. The number of carboxylic acid groups (broad SMARTS) is 1. The molecule has 78 valence electrons. The van der Waals surface area contributed by atoms with Crippen molar-refractivity contribution in [1.82, 2.24) is 0 Å². The van der Waals surface area contributed by atoms with E-state index in [0.717, 1.165) is 23.4 Å². The molecule has 0 aromatic rings. The minimum absolute atomic E-state index is 0.288. The highest BCUT2D eigenvalue weighted by atomic mass is 16.4. The van der Waals surface area contributed by atoms with Crippen molar-refractivity contribution in [3.8, 4) is 0 Å². The van der Waals surface area contributed by atoms with Crippen molar-refractivity contribution in [2.45, 2.75) is 18.9 Å². The van der Waals surface area contributed by atoms with Crippen LogP contribution in [0.3, 0.4) is 0 Å². The fourth-order valence-corrected chi connectivity index (χ4v) is 1.61. The number of nitrogens with zero attached hydrogens (tertiary/aromatic N) is 1. The summed E-state index contributed by atoms with van der Waals surface area (Å²) in [5.74, 6) is -0.988. The highest BCUT2D eigenvalue weighted by molar-refractivity contribution is 6.07. The average Bonchev–Trinajstić information content (AvgIpc) is 2.59. The van der Waals surface area contributed by atoms with Crippen LogP contribution in [-0.4, -0.2) is 22.8 Å². The van der Waals surface area contributed by atoms with E-state index in [9.17, 15) is 4.79 Å². The first-order chi connectivity index (χ1) is 7.16. The van der Waals surface area contributed by atoms with Crippen LogP contribution in [0.15, 0.2) is 40.6 Å². The molecule has 2 aliphatic rings. The molecular weight excluding hydrogens is 192 g/mol. The maximum atomic E-state index is 10.6. The molecule has 2 rings (SSSR count). The van der Waals surface area contributed by atoms with Crippen LogP contribution in [0.1, 0.15) is 12.8 Å². The van der Waals surface area contributed by atoms with Gasteiger partial charge in [-0.15, -0.1) is 0 Å². The van der Waals surface area contributed by atoms with E-state index in [1.54, 1.807) is 0 Å². The standard InChI is InChI=1S/C11H12N2O2/c12-9(11(14)15)6-8-5-7-3-1-2-4-10(7)13-8/h1-3,5,9H,4,6,12H2,(H,14,15)/t9-/m1/s1. The molecule has 0 aromatic heterocycles. The van der Waals surface area contributed by atoms with Gasteiger partial charge >= 0.3 is 5.97 Å². The number of carboxylic acids is 1. The smallest absolute Gasteiger partial charge is 0.320 e. The Hall–Kier alpha value is -1.68. The summed E-state index contributed by atoms with van der Waals surface area (Å²) >= 11 is 0. The molecule has 0 radical (unpaired) electrons. The van der Waals surface area contributed by atoms with Gasteiger partial charge in [-0.25, -0.2) is 0 Å². The molecule has 0 unspecified atom stereocenters. The number of rotatable bonds is 3. The van der Waals surface area contributed by atoms with Crippen molar-refractivity contribution in [2.75, 3.05) is 0 Å². The van der Waals surface area contributed by atoms with Crippen molar-refractivity contribution >= 4 is 11.7 Å². The lowest BCUT2D eigenvalue weighted by atomic mass is 10.0. The lowest BCUT2D eigenvalue weighted by Gasteiger charge is -2.03. The summed E-state index contributed by atoms with van der Waals surface area (Å²) < 4.78 is 0. The summed E-state index contributed by atoms with van der Waals surface area (Å²) in [5.41, 5.74) is 8.28. The average molecular weight is 204 g/mol. The maximum absolute atomic E-state index is 10.6. The van der Waals surface area contributed by atoms with Crippen molar-refractivity contribution in [3.05, 3.63) is 35.6 Å². The number of fused-ring (bicyclic) bond motifs is 1. The summed E-state index contributed by atoms with van der Waals surface area (Å²) in [6.07, 6.45) is 8.98. The predicted octanol–water partition coefficient (Wildman–Crippen LogP) is 1.01. The second kappa shape index (κ2) is 3.82. The Morgan fingerprint density at radius 3 is 3.13 bits per heavy atom. The van der Waals surface area contributed by atoms with Gasteiger partial charge in [0.15, 0.2) is 0 Å². The molecule has 0 saturated heterocycles. The third-order valence-corrected chi connectivity index (χ3v) is 2.40. The molecule has 0 aromatic carbocycles. The maximum Gasteiger partial charge on any atom is 0.320 e. The molecule has 4 heteroatoms. The second-order valence-corrected chi connectivity index (χ2v) is 3.60. The molecule has 0 spiro atoms. The van der Waals surface area contributed by atoms with E-state index >= 15 is 0 Å².